The second-order valence-corrected chi connectivity index (χ2v) is 6.10. The Labute approximate surface area is 139 Å². The number of thioether (sulfide) groups is 1. The molecule has 0 radical (unpaired) electrons. The Bertz CT molecular complexity index is 630. The zero-order chi connectivity index (χ0) is 15.9. The van der Waals surface area contributed by atoms with Crippen molar-refractivity contribution >= 4 is 23.5 Å². The zero-order valence-corrected chi connectivity index (χ0v) is 13.4. The minimum Gasteiger partial charge on any atom is -0.378 e. The van der Waals surface area contributed by atoms with Crippen molar-refractivity contribution in [3.05, 3.63) is 48.0 Å². The van der Waals surface area contributed by atoms with Gasteiger partial charge >= 0.3 is 0 Å². The Morgan fingerprint density at radius 1 is 1.26 bits per heavy atom. The molecule has 0 spiro atoms. The summed E-state index contributed by atoms with van der Waals surface area (Å²) >= 11 is 1.61. The van der Waals surface area contributed by atoms with Crippen LogP contribution in [-0.4, -0.2) is 41.9 Å². The van der Waals surface area contributed by atoms with Gasteiger partial charge in [-0.15, -0.1) is 10.2 Å². The highest BCUT2D eigenvalue weighted by Crippen LogP contribution is 2.20. The first-order valence-electron chi connectivity index (χ1n) is 7.44. The van der Waals surface area contributed by atoms with Gasteiger partial charge in [0.05, 0.1) is 13.2 Å². The van der Waals surface area contributed by atoms with Crippen LogP contribution >= 0.6 is 11.8 Å². The number of nitrogens with one attached hydrogen (secondary N) is 2. The van der Waals surface area contributed by atoms with Gasteiger partial charge in [0.1, 0.15) is 11.1 Å². The zero-order valence-electron chi connectivity index (χ0n) is 12.6. The van der Waals surface area contributed by atoms with Crippen molar-refractivity contribution in [1.29, 1.82) is 0 Å². The van der Waals surface area contributed by atoms with Gasteiger partial charge in [-0.2, -0.15) is 0 Å². The fourth-order valence-electron chi connectivity index (χ4n) is 2.14. The molecule has 2 heterocycles. The lowest BCUT2D eigenvalue weighted by Crippen LogP contribution is -2.48. The number of benzene rings is 1. The first-order valence-corrected chi connectivity index (χ1v) is 8.42. The maximum atomic E-state index is 12.0. The molecular weight excluding hydrogens is 312 g/mol. The number of nitrogens with zero attached hydrogens (tertiary/aromatic N) is 2. The summed E-state index contributed by atoms with van der Waals surface area (Å²) in [5, 5.41) is 14.9. The predicted octanol–water partition coefficient (Wildman–Crippen LogP) is 1.70. The molecule has 2 N–H and O–H groups in total. The van der Waals surface area contributed by atoms with Gasteiger partial charge in [0.25, 0.3) is 0 Å². The predicted molar refractivity (Wildman–Crippen MR) is 89.3 cm³/mol. The minimum absolute atomic E-state index is 0.149. The molecule has 1 fully saturated rings. The quantitative estimate of drug-likeness (QED) is 0.813. The van der Waals surface area contributed by atoms with E-state index in [1.54, 1.807) is 17.8 Å². The first-order chi connectivity index (χ1) is 11.3. The summed E-state index contributed by atoms with van der Waals surface area (Å²) in [5.41, 5.74) is 1.24. The van der Waals surface area contributed by atoms with Crippen molar-refractivity contribution in [2.75, 3.05) is 25.1 Å². The van der Waals surface area contributed by atoms with Gasteiger partial charge in [0.15, 0.2) is 5.82 Å². The molecule has 0 bridgehead atoms. The number of morpholine rings is 1. The number of aromatic nitrogens is 2. The number of hydrogen-bond acceptors (Lipinski definition) is 6. The third-order valence-electron chi connectivity index (χ3n) is 3.36. The lowest BCUT2D eigenvalue weighted by Gasteiger charge is -2.22. The van der Waals surface area contributed by atoms with Gasteiger partial charge in [-0.05, 0) is 17.7 Å². The van der Waals surface area contributed by atoms with E-state index in [1.165, 1.54) is 5.56 Å². The third-order valence-corrected chi connectivity index (χ3v) is 4.35. The van der Waals surface area contributed by atoms with Crippen LogP contribution in [0.5, 0.6) is 0 Å². The molecule has 1 amide bonds. The van der Waals surface area contributed by atoms with E-state index in [9.17, 15) is 4.79 Å². The summed E-state index contributed by atoms with van der Waals surface area (Å²) in [6.45, 7) is 1.69. The number of ether oxygens (including phenoxy) is 1. The summed E-state index contributed by atoms with van der Waals surface area (Å²) in [6, 6.07) is 13.5. The van der Waals surface area contributed by atoms with E-state index >= 15 is 0 Å². The van der Waals surface area contributed by atoms with Gasteiger partial charge < -0.3 is 15.4 Å². The highest BCUT2D eigenvalue weighted by Gasteiger charge is 2.21. The first kappa shape index (κ1) is 15.9. The fourth-order valence-corrected chi connectivity index (χ4v) is 2.91. The van der Waals surface area contributed by atoms with E-state index in [1.807, 2.05) is 24.3 Å². The van der Waals surface area contributed by atoms with Crippen molar-refractivity contribution in [2.45, 2.75) is 16.8 Å². The lowest BCUT2D eigenvalue weighted by molar-refractivity contribution is -0.120. The van der Waals surface area contributed by atoms with Crippen LogP contribution in [0.25, 0.3) is 0 Å². The maximum absolute atomic E-state index is 12.0. The molecule has 7 heteroatoms. The highest BCUT2D eigenvalue weighted by molar-refractivity contribution is 7.98. The molecule has 120 valence electrons. The van der Waals surface area contributed by atoms with Gasteiger partial charge in [-0.1, -0.05) is 42.1 Å². The fraction of sp³-hybridized carbons (Fsp3) is 0.312. The summed E-state index contributed by atoms with van der Waals surface area (Å²) in [5.74, 6) is 1.14. The average Bonchev–Trinajstić information content (AvgIpc) is 2.63. The average molecular weight is 330 g/mol. The smallest absolute Gasteiger partial charge is 0.245 e. The SMILES string of the molecule is O=C(Nc1ccc(SCc2ccccc2)nn1)[C@@H]1COCCN1. The molecule has 1 aromatic heterocycles. The minimum atomic E-state index is -0.335. The van der Waals surface area contributed by atoms with Crippen LogP contribution in [-0.2, 0) is 15.3 Å². The molecule has 23 heavy (non-hydrogen) atoms. The monoisotopic (exact) mass is 330 g/mol. The number of amides is 1. The van der Waals surface area contributed by atoms with Crippen molar-refractivity contribution in [1.82, 2.24) is 15.5 Å². The van der Waals surface area contributed by atoms with Crippen LogP contribution in [0.3, 0.4) is 0 Å². The molecule has 6 nitrogen and oxygen atoms in total. The van der Waals surface area contributed by atoms with Gasteiger partial charge in [-0.3, -0.25) is 4.79 Å². The summed E-state index contributed by atoms with van der Waals surface area (Å²) in [7, 11) is 0. The van der Waals surface area contributed by atoms with E-state index in [0.29, 0.717) is 25.6 Å². The Hall–Kier alpha value is -1.96. The standard InChI is InChI=1S/C16H18N4O2S/c21-16(13-10-22-9-8-17-13)18-14-6-7-15(20-19-14)23-11-12-4-2-1-3-5-12/h1-7,13,17H,8-11H2,(H,18,19,21)/t13-/m0/s1. The second kappa shape index (κ2) is 8.05. The summed E-state index contributed by atoms with van der Waals surface area (Å²) < 4.78 is 5.27. The number of carbonyl (C=O) groups excluding carboxylic acids is 1. The number of rotatable bonds is 5. The summed E-state index contributed by atoms with van der Waals surface area (Å²) in [4.78, 5) is 12.0. The number of hydrogen-bond donors (Lipinski definition) is 2. The third kappa shape index (κ3) is 4.75. The molecule has 3 rings (SSSR count). The molecule has 0 saturated carbocycles. The molecule has 1 saturated heterocycles. The van der Waals surface area contributed by atoms with Crippen LogP contribution < -0.4 is 10.6 Å². The lowest BCUT2D eigenvalue weighted by atomic mass is 10.2. The van der Waals surface area contributed by atoms with E-state index in [4.69, 9.17) is 4.74 Å². The van der Waals surface area contributed by atoms with E-state index in [0.717, 1.165) is 10.8 Å². The van der Waals surface area contributed by atoms with E-state index in [-0.39, 0.29) is 11.9 Å². The topological polar surface area (TPSA) is 76.1 Å². The Kier molecular flexibility index (Phi) is 5.57. The molecule has 1 atom stereocenters. The Morgan fingerprint density at radius 2 is 2.13 bits per heavy atom. The molecule has 1 aromatic carbocycles. The van der Waals surface area contributed by atoms with Crippen molar-refractivity contribution in [3.8, 4) is 0 Å². The normalized spacial score (nSPS) is 17.7. The van der Waals surface area contributed by atoms with Gasteiger partial charge in [0, 0.05) is 12.3 Å². The molecule has 0 aliphatic carbocycles. The number of anilines is 1. The van der Waals surface area contributed by atoms with Crippen LogP contribution in [0.4, 0.5) is 5.82 Å². The highest BCUT2D eigenvalue weighted by atomic mass is 32.2. The van der Waals surface area contributed by atoms with E-state index in [2.05, 4.69) is 33.0 Å². The van der Waals surface area contributed by atoms with Crippen molar-refractivity contribution in [3.63, 3.8) is 0 Å². The largest absolute Gasteiger partial charge is 0.378 e. The van der Waals surface area contributed by atoms with Gasteiger partial charge in [-0.25, -0.2) is 0 Å². The van der Waals surface area contributed by atoms with Crippen molar-refractivity contribution < 1.29 is 9.53 Å². The molecule has 0 unspecified atom stereocenters. The second-order valence-electron chi connectivity index (χ2n) is 5.10. The molecule has 1 aliphatic rings. The van der Waals surface area contributed by atoms with Crippen LogP contribution in [0, 0.1) is 0 Å². The molecule has 2 aromatic rings. The van der Waals surface area contributed by atoms with Crippen LogP contribution in [0.1, 0.15) is 5.56 Å². The number of carbonyl (C=O) groups is 1. The van der Waals surface area contributed by atoms with Crippen molar-refractivity contribution in [2.24, 2.45) is 0 Å². The van der Waals surface area contributed by atoms with Crippen LogP contribution in [0.15, 0.2) is 47.5 Å². The Balaban J connectivity index is 1.51. The summed E-state index contributed by atoms with van der Waals surface area (Å²) in [6.07, 6.45) is 0. The van der Waals surface area contributed by atoms with Gasteiger partial charge in [0.2, 0.25) is 5.91 Å². The van der Waals surface area contributed by atoms with Crippen LogP contribution in [0.2, 0.25) is 0 Å². The van der Waals surface area contributed by atoms with E-state index < -0.39 is 0 Å². The maximum Gasteiger partial charge on any atom is 0.245 e. The Morgan fingerprint density at radius 3 is 2.83 bits per heavy atom. The molecule has 1 aliphatic heterocycles. The molecular formula is C16H18N4O2S.